The number of carbonyl (C=O) groups excluding carboxylic acids is 1. The summed E-state index contributed by atoms with van der Waals surface area (Å²) in [5.74, 6) is -0.479. The van der Waals surface area contributed by atoms with E-state index in [4.69, 9.17) is 0 Å². The van der Waals surface area contributed by atoms with Gasteiger partial charge in [0.2, 0.25) is 0 Å². The molecule has 0 spiro atoms. The highest BCUT2D eigenvalue weighted by Gasteiger charge is 2.15. The van der Waals surface area contributed by atoms with Gasteiger partial charge in [-0.3, -0.25) is 9.20 Å². The van der Waals surface area contributed by atoms with Crippen molar-refractivity contribution in [3.05, 3.63) is 37.1 Å². The van der Waals surface area contributed by atoms with Crippen LogP contribution in [0.4, 0.5) is 0 Å². The number of halogens is 1. The Bertz CT molecular complexity index is 587. The average Bonchev–Trinajstić information content (AvgIpc) is 2.70. The van der Waals surface area contributed by atoms with Crippen molar-refractivity contribution in [2.45, 2.75) is 0 Å². The van der Waals surface area contributed by atoms with Gasteiger partial charge in [0.05, 0.1) is 16.2 Å². The van der Waals surface area contributed by atoms with Gasteiger partial charge in [-0.15, -0.1) is 11.3 Å². The molecule has 6 heteroatoms. The van der Waals surface area contributed by atoms with Crippen LogP contribution < -0.4 is 5.56 Å². The highest BCUT2D eigenvalue weighted by Crippen LogP contribution is 2.16. The van der Waals surface area contributed by atoms with Gasteiger partial charge < -0.3 is 4.74 Å². The molecule has 0 saturated carbocycles. The van der Waals surface area contributed by atoms with Crippen molar-refractivity contribution in [1.29, 1.82) is 0 Å². The first-order valence-electron chi connectivity index (χ1n) is 4.02. The number of carbonyl (C=O) groups is 1. The Morgan fingerprint density at radius 2 is 2.33 bits per heavy atom. The SMILES string of the molecule is COC(=O)c1cc2sccn2c(=O)c1I. The minimum atomic E-state index is -0.479. The largest absolute Gasteiger partial charge is 0.465 e. The van der Waals surface area contributed by atoms with E-state index >= 15 is 0 Å². The number of nitrogens with zero attached hydrogens (tertiary/aromatic N) is 1. The molecule has 0 radical (unpaired) electrons. The number of esters is 1. The smallest absolute Gasteiger partial charge is 0.339 e. The molecule has 0 bridgehead atoms. The lowest BCUT2D eigenvalue weighted by atomic mass is 10.3. The number of ether oxygens (including phenoxy) is 1. The quantitative estimate of drug-likeness (QED) is 0.589. The van der Waals surface area contributed by atoms with E-state index in [0.29, 0.717) is 9.13 Å². The zero-order valence-electron chi connectivity index (χ0n) is 7.69. The van der Waals surface area contributed by atoms with Gasteiger partial charge in [-0.05, 0) is 28.7 Å². The molecule has 2 aromatic heterocycles. The molecule has 0 aliphatic heterocycles. The molecular weight excluding hydrogens is 329 g/mol. The molecule has 4 nitrogen and oxygen atoms in total. The summed E-state index contributed by atoms with van der Waals surface area (Å²) in [4.78, 5) is 23.9. The number of aromatic nitrogens is 1. The highest BCUT2D eigenvalue weighted by molar-refractivity contribution is 14.1. The van der Waals surface area contributed by atoms with Crippen molar-refractivity contribution in [2.75, 3.05) is 7.11 Å². The first-order valence-corrected chi connectivity index (χ1v) is 5.97. The second kappa shape index (κ2) is 3.93. The molecule has 0 saturated heterocycles. The molecule has 2 aromatic rings. The second-order valence-electron chi connectivity index (χ2n) is 2.78. The molecule has 0 atom stereocenters. The maximum absolute atomic E-state index is 11.8. The Balaban J connectivity index is 2.82. The third-order valence-corrected chi connectivity index (χ3v) is 3.81. The predicted molar refractivity (Wildman–Crippen MR) is 65.6 cm³/mol. The molecule has 2 rings (SSSR count). The van der Waals surface area contributed by atoms with Crippen LogP contribution in [0.2, 0.25) is 0 Å². The molecule has 0 aromatic carbocycles. The molecule has 0 aliphatic rings. The van der Waals surface area contributed by atoms with Crippen LogP contribution in [0.15, 0.2) is 22.4 Å². The summed E-state index contributed by atoms with van der Waals surface area (Å²) in [5, 5.41) is 1.80. The summed E-state index contributed by atoms with van der Waals surface area (Å²) in [5.41, 5.74) is 0.139. The fraction of sp³-hybridized carbons (Fsp3) is 0.111. The summed E-state index contributed by atoms with van der Waals surface area (Å²) in [6, 6.07) is 1.67. The zero-order chi connectivity index (χ0) is 11.0. The summed E-state index contributed by atoms with van der Waals surface area (Å²) in [7, 11) is 1.30. The lowest BCUT2D eigenvalue weighted by molar-refractivity contribution is 0.0599. The van der Waals surface area contributed by atoms with Gasteiger partial charge in [-0.1, -0.05) is 0 Å². The number of pyridine rings is 1. The Labute approximate surface area is 103 Å². The van der Waals surface area contributed by atoms with Crippen LogP contribution in [0, 0.1) is 3.57 Å². The van der Waals surface area contributed by atoms with Crippen molar-refractivity contribution in [2.24, 2.45) is 0 Å². The molecule has 0 amide bonds. The maximum Gasteiger partial charge on any atom is 0.339 e. The number of hydrogen-bond donors (Lipinski definition) is 0. The summed E-state index contributed by atoms with van der Waals surface area (Å²) in [6.45, 7) is 0. The predicted octanol–water partition coefficient (Wildman–Crippen LogP) is 1.75. The average molecular weight is 335 g/mol. The Morgan fingerprint density at radius 1 is 1.60 bits per heavy atom. The molecular formula is C9H6INO3S. The van der Waals surface area contributed by atoms with Crippen LogP contribution in [0.1, 0.15) is 10.4 Å². The van der Waals surface area contributed by atoms with Crippen LogP contribution in [0.5, 0.6) is 0 Å². The van der Waals surface area contributed by atoms with Gasteiger partial charge in [0.1, 0.15) is 4.83 Å². The van der Waals surface area contributed by atoms with E-state index in [0.717, 1.165) is 4.83 Å². The molecule has 15 heavy (non-hydrogen) atoms. The molecule has 2 heterocycles. The fourth-order valence-electron chi connectivity index (χ4n) is 1.23. The van der Waals surface area contributed by atoms with Crippen molar-refractivity contribution in [3.8, 4) is 0 Å². The molecule has 78 valence electrons. The highest BCUT2D eigenvalue weighted by atomic mass is 127. The first kappa shape index (κ1) is 10.6. The van der Waals surface area contributed by atoms with Gasteiger partial charge in [0.15, 0.2) is 0 Å². The third-order valence-electron chi connectivity index (χ3n) is 1.95. The van der Waals surface area contributed by atoms with E-state index < -0.39 is 5.97 Å². The van der Waals surface area contributed by atoms with E-state index in [-0.39, 0.29) is 5.56 Å². The number of methoxy groups -OCH3 is 1. The minimum absolute atomic E-state index is 0.185. The summed E-state index contributed by atoms with van der Waals surface area (Å²) < 4.78 is 6.51. The van der Waals surface area contributed by atoms with Crippen LogP contribution in [0.25, 0.3) is 4.83 Å². The van der Waals surface area contributed by atoms with E-state index in [1.54, 1.807) is 17.6 Å². The van der Waals surface area contributed by atoms with E-state index in [2.05, 4.69) is 4.74 Å². The van der Waals surface area contributed by atoms with Gasteiger partial charge in [0, 0.05) is 11.6 Å². The third kappa shape index (κ3) is 1.67. The lowest BCUT2D eigenvalue weighted by Gasteiger charge is -2.02. The van der Waals surface area contributed by atoms with Crippen molar-refractivity contribution in [1.82, 2.24) is 4.40 Å². The molecule has 0 aliphatic carbocycles. The monoisotopic (exact) mass is 335 g/mol. The minimum Gasteiger partial charge on any atom is -0.465 e. The number of fused-ring (bicyclic) bond motifs is 1. The topological polar surface area (TPSA) is 47.8 Å². The van der Waals surface area contributed by atoms with Gasteiger partial charge in [-0.2, -0.15) is 0 Å². The Kier molecular flexibility index (Phi) is 2.79. The van der Waals surface area contributed by atoms with Crippen LogP contribution >= 0.6 is 33.9 Å². The van der Waals surface area contributed by atoms with Crippen LogP contribution in [-0.4, -0.2) is 17.5 Å². The zero-order valence-corrected chi connectivity index (χ0v) is 10.7. The van der Waals surface area contributed by atoms with Gasteiger partial charge in [0.25, 0.3) is 5.56 Å². The molecule has 0 N–H and O–H groups in total. The van der Waals surface area contributed by atoms with Crippen molar-refractivity contribution in [3.63, 3.8) is 0 Å². The van der Waals surface area contributed by atoms with Gasteiger partial charge >= 0.3 is 5.97 Å². The number of thiazole rings is 1. The Morgan fingerprint density at radius 3 is 3.00 bits per heavy atom. The van der Waals surface area contributed by atoms with Gasteiger partial charge in [-0.25, -0.2) is 4.79 Å². The lowest BCUT2D eigenvalue weighted by Crippen LogP contribution is -2.19. The normalized spacial score (nSPS) is 10.5. The second-order valence-corrected chi connectivity index (χ2v) is 4.78. The van der Waals surface area contributed by atoms with E-state index in [1.807, 2.05) is 22.6 Å². The Hall–Kier alpha value is -0.890. The van der Waals surface area contributed by atoms with E-state index in [9.17, 15) is 9.59 Å². The standard InChI is InChI=1S/C9H6INO3S/c1-14-9(13)5-4-6-11(2-3-15-6)8(12)7(5)10/h2-4H,1H3. The number of rotatable bonds is 1. The van der Waals surface area contributed by atoms with Crippen LogP contribution in [0.3, 0.4) is 0 Å². The summed E-state index contributed by atoms with van der Waals surface area (Å²) in [6.07, 6.45) is 1.69. The van der Waals surface area contributed by atoms with E-state index in [1.165, 1.54) is 22.8 Å². The maximum atomic E-state index is 11.8. The number of hydrogen-bond acceptors (Lipinski definition) is 4. The first-order chi connectivity index (χ1) is 7.15. The fourth-order valence-corrected chi connectivity index (χ4v) is 2.63. The van der Waals surface area contributed by atoms with Crippen molar-refractivity contribution >= 4 is 44.7 Å². The molecule has 0 fully saturated rings. The summed E-state index contributed by atoms with van der Waals surface area (Å²) >= 11 is 3.26. The van der Waals surface area contributed by atoms with Crippen molar-refractivity contribution < 1.29 is 9.53 Å². The molecule has 0 unspecified atom stereocenters. The van der Waals surface area contributed by atoms with Crippen LogP contribution in [-0.2, 0) is 4.74 Å².